The van der Waals surface area contributed by atoms with Crippen LogP contribution in [0.5, 0.6) is 11.5 Å². The van der Waals surface area contributed by atoms with E-state index in [1.807, 2.05) is 0 Å². The largest absolute Gasteiger partial charge is 0.497 e. The Morgan fingerprint density at radius 1 is 0.958 bits per heavy atom. The Kier molecular flexibility index (Phi) is 5.47. The van der Waals surface area contributed by atoms with Gasteiger partial charge in [0.25, 0.3) is 0 Å². The lowest BCUT2D eigenvalue weighted by molar-refractivity contribution is 0.0469. The number of ketones is 1. The first-order valence-corrected chi connectivity index (χ1v) is 6.83. The molecule has 2 rings (SSSR count). The maximum absolute atomic E-state index is 13.5. The second-order valence-electron chi connectivity index (χ2n) is 4.69. The van der Waals surface area contributed by atoms with Gasteiger partial charge in [-0.05, 0) is 24.3 Å². The van der Waals surface area contributed by atoms with E-state index in [4.69, 9.17) is 14.2 Å². The number of rotatable bonds is 6. The van der Waals surface area contributed by atoms with Crippen molar-refractivity contribution in [1.82, 2.24) is 0 Å². The van der Waals surface area contributed by atoms with Crippen LogP contribution in [-0.2, 0) is 4.74 Å². The number of halogens is 2. The highest BCUT2D eigenvalue weighted by molar-refractivity contribution is 6.01. The number of methoxy groups -OCH3 is 2. The van der Waals surface area contributed by atoms with Crippen LogP contribution in [-0.4, -0.2) is 32.6 Å². The summed E-state index contributed by atoms with van der Waals surface area (Å²) >= 11 is 0. The second kappa shape index (κ2) is 7.54. The highest BCUT2D eigenvalue weighted by Crippen LogP contribution is 2.25. The van der Waals surface area contributed by atoms with Gasteiger partial charge in [0.05, 0.1) is 25.3 Å². The van der Waals surface area contributed by atoms with Crippen molar-refractivity contribution in [3.8, 4) is 11.5 Å². The number of ether oxygens (including phenoxy) is 3. The number of carbonyl (C=O) groups is 2. The summed E-state index contributed by atoms with van der Waals surface area (Å²) in [6.45, 7) is -0.613. The lowest BCUT2D eigenvalue weighted by Gasteiger charge is -2.10. The van der Waals surface area contributed by atoms with E-state index in [0.29, 0.717) is 11.8 Å². The fourth-order valence-corrected chi connectivity index (χ4v) is 1.97. The quantitative estimate of drug-likeness (QED) is 0.599. The molecule has 0 unspecified atom stereocenters. The van der Waals surface area contributed by atoms with Gasteiger partial charge in [0.1, 0.15) is 23.1 Å². The minimum Gasteiger partial charge on any atom is -0.497 e. The van der Waals surface area contributed by atoms with Gasteiger partial charge in [0, 0.05) is 12.1 Å². The third-order valence-electron chi connectivity index (χ3n) is 3.19. The molecule has 24 heavy (non-hydrogen) atoms. The molecule has 0 aliphatic carbocycles. The molecule has 0 fully saturated rings. The zero-order valence-electron chi connectivity index (χ0n) is 13.0. The van der Waals surface area contributed by atoms with Crippen molar-refractivity contribution in [1.29, 1.82) is 0 Å². The third kappa shape index (κ3) is 3.87. The number of esters is 1. The Morgan fingerprint density at radius 2 is 1.67 bits per heavy atom. The first-order chi connectivity index (χ1) is 11.5. The molecule has 0 atom stereocenters. The Hall–Kier alpha value is -2.96. The summed E-state index contributed by atoms with van der Waals surface area (Å²) < 4.78 is 41.2. The van der Waals surface area contributed by atoms with Gasteiger partial charge >= 0.3 is 5.97 Å². The normalized spacial score (nSPS) is 10.2. The van der Waals surface area contributed by atoms with Crippen molar-refractivity contribution >= 4 is 11.8 Å². The predicted octanol–water partition coefficient (Wildman–Crippen LogP) is 3.02. The molecule has 0 saturated heterocycles. The van der Waals surface area contributed by atoms with Gasteiger partial charge in [0.2, 0.25) is 5.78 Å². The van der Waals surface area contributed by atoms with Crippen LogP contribution < -0.4 is 9.47 Å². The van der Waals surface area contributed by atoms with E-state index in [1.165, 1.54) is 26.4 Å². The van der Waals surface area contributed by atoms with E-state index in [9.17, 15) is 18.4 Å². The molecule has 2 aromatic carbocycles. The average molecular weight is 336 g/mol. The van der Waals surface area contributed by atoms with Crippen LogP contribution in [0.2, 0.25) is 0 Å². The lowest BCUT2D eigenvalue weighted by atomic mass is 10.1. The topological polar surface area (TPSA) is 61.8 Å². The van der Waals surface area contributed by atoms with Gasteiger partial charge in [-0.25, -0.2) is 13.6 Å². The minimum atomic E-state index is -1.06. The van der Waals surface area contributed by atoms with Gasteiger partial charge in [-0.1, -0.05) is 0 Å². The number of carbonyl (C=O) groups excluding carboxylic acids is 2. The van der Waals surface area contributed by atoms with E-state index in [2.05, 4.69) is 0 Å². The number of Topliss-reactive ketones (excluding diaryl/α,β-unsaturated/α-hetero) is 1. The van der Waals surface area contributed by atoms with Crippen LogP contribution in [0.3, 0.4) is 0 Å². The van der Waals surface area contributed by atoms with Crippen LogP contribution in [0.15, 0.2) is 36.4 Å². The van der Waals surface area contributed by atoms with Crippen molar-refractivity contribution < 1.29 is 32.6 Å². The molecule has 0 bridgehead atoms. The number of benzene rings is 2. The summed E-state index contributed by atoms with van der Waals surface area (Å²) in [7, 11) is 2.85. The van der Waals surface area contributed by atoms with E-state index >= 15 is 0 Å². The molecule has 0 heterocycles. The predicted molar refractivity (Wildman–Crippen MR) is 80.5 cm³/mol. The molecule has 126 valence electrons. The number of hydrogen-bond donors (Lipinski definition) is 0. The summed E-state index contributed by atoms with van der Waals surface area (Å²) in [5, 5.41) is 0. The third-order valence-corrected chi connectivity index (χ3v) is 3.19. The minimum absolute atomic E-state index is 0.186. The van der Waals surface area contributed by atoms with Crippen LogP contribution in [0, 0.1) is 11.6 Å². The molecule has 0 aliphatic heterocycles. The lowest BCUT2D eigenvalue weighted by Crippen LogP contribution is -2.16. The van der Waals surface area contributed by atoms with Crippen LogP contribution in [0.1, 0.15) is 20.7 Å². The van der Waals surface area contributed by atoms with E-state index in [-0.39, 0.29) is 11.3 Å². The van der Waals surface area contributed by atoms with Crippen molar-refractivity contribution in [2.75, 3.05) is 20.8 Å². The zero-order valence-corrected chi connectivity index (χ0v) is 13.0. The summed E-state index contributed by atoms with van der Waals surface area (Å²) in [6.07, 6.45) is 0. The molecule has 7 heteroatoms. The first-order valence-electron chi connectivity index (χ1n) is 6.83. The molecule has 0 aliphatic rings. The zero-order chi connectivity index (χ0) is 17.7. The van der Waals surface area contributed by atoms with Gasteiger partial charge < -0.3 is 14.2 Å². The molecule has 0 amide bonds. The van der Waals surface area contributed by atoms with E-state index in [0.717, 1.165) is 12.1 Å². The molecule has 5 nitrogen and oxygen atoms in total. The van der Waals surface area contributed by atoms with Crippen molar-refractivity contribution in [2.45, 2.75) is 0 Å². The molecular formula is C17H14F2O5. The van der Waals surface area contributed by atoms with Gasteiger partial charge in [-0.2, -0.15) is 0 Å². The van der Waals surface area contributed by atoms with Gasteiger partial charge in [-0.3, -0.25) is 4.79 Å². The standard InChI is InChI=1S/C17H14F2O5/c1-22-11-4-6-13(16(8-11)23-2)15(20)9-24-17(21)12-5-3-10(18)7-14(12)19/h3-8H,9H2,1-2H3. The molecule has 0 N–H and O–H groups in total. The molecule has 2 aromatic rings. The summed E-state index contributed by atoms with van der Waals surface area (Å²) in [5.41, 5.74) is -0.267. The van der Waals surface area contributed by atoms with E-state index in [1.54, 1.807) is 6.07 Å². The monoisotopic (exact) mass is 336 g/mol. The van der Waals surface area contributed by atoms with Crippen LogP contribution in [0.4, 0.5) is 8.78 Å². The molecule has 0 radical (unpaired) electrons. The maximum Gasteiger partial charge on any atom is 0.341 e. The highest BCUT2D eigenvalue weighted by atomic mass is 19.1. The van der Waals surface area contributed by atoms with Crippen molar-refractivity contribution in [3.63, 3.8) is 0 Å². The fourth-order valence-electron chi connectivity index (χ4n) is 1.97. The summed E-state index contributed by atoms with van der Waals surface area (Å²) in [6, 6.07) is 6.96. The molecular weight excluding hydrogens is 322 g/mol. The Balaban J connectivity index is 2.09. The van der Waals surface area contributed by atoms with Gasteiger partial charge in [-0.15, -0.1) is 0 Å². The van der Waals surface area contributed by atoms with Crippen LogP contribution in [0.25, 0.3) is 0 Å². The SMILES string of the molecule is COc1ccc(C(=O)COC(=O)c2ccc(F)cc2F)c(OC)c1. The van der Waals surface area contributed by atoms with Crippen molar-refractivity contribution in [2.24, 2.45) is 0 Å². The Labute approximate surface area is 136 Å². The first kappa shape index (κ1) is 17.4. The highest BCUT2D eigenvalue weighted by Gasteiger charge is 2.18. The average Bonchev–Trinajstić information content (AvgIpc) is 2.58. The number of hydrogen-bond acceptors (Lipinski definition) is 5. The summed E-state index contributed by atoms with van der Waals surface area (Å²) in [5.74, 6) is -2.73. The Morgan fingerprint density at radius 3 is 2.29 bits per heavy atom. The maximum atomic E-state index is 13.5. The Bertz CT molecular complexity index is 774. The van der Waals surface area contributed by atoms with Crippen LogP contribution >= 0.6 is 0 Å². The summed E-state index contributed by atoms with van der Waals surface area (Å²) in [4.78, 5) is 23.9. The smallest absolute Gasteiger partial charge is 0.341 e. The van der Waals surface area contributed by atoms with E-state index < -0.39 is 35.6 Å². The molecule has 0 spiro atoms. The molecule has 0 saturated carbocycles. The van der Waals surface area contributed by atoms with Gasteiger partial charge in [0.15, 0.2) is 6.61 Å². The van der Waals surface area contributed by atoms with Crippen molar-refractivity contribution in [3.05, 3.63) is 59.2 Å². The molecule has 0 aromatic heterocycles. The second-order valence-corrected chi connectivity index (χ2v) is 4.69. The fraction of sp³-hybridized carbons (Fsp3) is 0.176.